The molecule has 0 bridgehead atoms. The van der Waals surface area contributed by atoms with Gasteiger partial charge in [0, 0.05) is 30.3 Å². The lowest BCUT2D eigenvalue weighted by molar-refractivity contribution is 0.164. The van der Waals surface area contributed by atoms with Crippen LogP contribution in [-0.2, 0) is 19.9 Å². The summed E-state index contributed by atoms with van der Waals surface area (Å²) in [5, 5.41) is 10.1. The predicted octanol–water partition coefficient (Wildman–Crippen LogP) is 2.72. The summed E-state index contributed by atoms with van der Waals surface area (Å²) in [4.78, 5) is 4.25. The van der Waals surface area contributed by atoms with Crippen LogP contribution in [0.15, 0.2) is 41.1 Å². The molecule has 2 aromatic rings. The number of aromatic nitrogens is 2. The van der Waals surface area contributed by atoms with Gasteiger partial charge in [-0.2, -0.15) is 0 Å². The molecule has 1 N–H and O–H groups in total. The third-order valence-electron chi connectivity index (χ3n) is 3.04. The van der Waals surface area contributed by atoms with Gasteiger partial charge >= 0.3 is 0 Å². The van der Waals surface area contributed by atoms with E-state index in [4.69, 9.17) is 0 Å². The number of aliphatic hydroxyl groups is 1. The fraction of sp³-hybridized carbons (Fsp3) is 0.357. The molecule has 1 aromatic heterocycles. The van der Waals surface area contributed by atoms with Crippen LogP contribution in [0.1, 0.15) is 17.8 Å². The van der Waals surface area contributed by atoms with Crippen molar-refractivity contribution >= 4 is 15.9 Å². The summed E-state index contributed by atoms with van der Waals surface area (Å²) in [6.07, 6.45) is 5.58. The number of halogens is 1. The largest absolute Gasteiger partial charge is 0.393 e. The highest BCUT2D eigenvalue weighted by molar-refractivity contribution is 9.10. The second-order valence-corrected chi connectivity index (χ2v) is 5.30. The van der Waals surface area contributed by atoms with Crippen LogP contribution in [0.2, 0.25) is 0 Å². The lowest BCUT2D eigenvalue weighted by Gasteiger charge is -2.11. The smallest absolute Gasteiger partial charge is 0.108 e. The zero-order chi connectivity index (χ0) is 13.0. The van der Waals surface area contributed by atoms with E-state index >= 15 is 0 Å². The van der Waals surface area contributed by atoms with Crippen LogP contribution in [0, 0.1) is 0 Å². The van der Waals surface area contributed by atoms with Crippen molar-refractivity contribution in [1.29, 1.82) is 0 Å². The Hall–Kier alpha value is -1.13. The maximum Gasteiger partial charge on any atom is 0.108 e. The molecule has 2 rings (SSSR count). The third-order valence-corrected chi connectivity index (χ3v) is 3.81. The lowest BCUT2D eigenvalue weighted by atomic mass is 10.0. The molecular weight excluding hydrogens is 292 g/mol. The number of nitrogens with zero attached hydrogens (tertiary/aromatic N) is 2. The van der Waals surface area contributed by atoms with E-state index in [0.29, 0.717) is 6.42 Å². The van der Waals surface area contributed by atoms with E-state index in [1.54, 1.807) is 6.20 Å². The monoisotopic (exact) mass is 308 g/mol. The summed E-state index contributed by atoms with van der Waals surface area (Å²) >= 11 is 3.50. The maximum absolute atomic E-state index is 10.1. The first-order valence-corrected chi connectivity index (χ1v) is 6.84. The fourth-order valence-corrected chi connectivity index (χ4v) is 2.40. The Kier molecular flexibility index (Phi) is 4.55. The first-order chi connectivity index (χ1) is 8.66. The molecule has 0 radical (unpaired) electrons. The molecule has 3 nitrogen and oxygen atoms in total. The summed E-state index contributed by atoms with van der Waals surface area (Å²) in [7, 11) is 1.97. The molecule has 0 aliphatic rings. The number of rotatable bonds is 5. The quantitative estimate of drug-likeness (QED) is 0.922. The topological polar surface area (TPSA) is 38.0 Å². The van der Waals surface area contributed by atoms with Gasteiger partial charge in [-0.1, -0.05) is 34.1 Å². The minimum absolute atomic E-state index is 0.333. The maximum atomic E-state index is 10.1. The molecule has 18 heavy (non-hydrogen) atoms. The van der Waals surface area contributed by atoms with E-state index < -0.39 is 0 Å². The molecule has 96 valence electrons. The summed E-state index contributed by atoms with van der Waals surface area (Å²) in [5.74, 6) is 1.01. The van der Waals surface area contributed by atoms with Crippen molar-refractivity contribution in [2.75, 3.05) is 0 Å². The van der Waals surface area contributed by atoms with E-state index in [0.717, 1.165) is 28.7 Å². The molecule has 0 spiro atoms. The second kappa shape index (κ2) is 6.16. The number of hydrogen-bond acceptors (Lipinski definition) is 2. The number of aliphatic hydroxyl groups excluding tert-OH is 1. The minimum Gasteiger partial charge on any atom is -0.393 e. The molecule has 4 heteroatoms. The number of hydrogen-bond donors (Lipinski definition) is 1. The average molecular weight is 309 g/mol. The van der Waals surface area contributed by atoms with Crippen LogP contribution in [0.5, 0.6) is 0 Å². The van der Waals surface area contributed by atoms with Crippen LogP contribution < -0.4 is 0 Å². The standard InChI is InChI=1S/C14H17BrN2O/c1-17-9-8-16-14(17)7-6-12(18)10-11-4-2-3-5-13(11)15/h2-5,8-9,12,18H,6-7,10H2,1H3. The molecule has 0 aliphatic heterocycles. The summed E-state index contributed by atoms with van der Waals surface area (Å²) in [6.45, 7) is 0. The second-order valence-electron chi connectivity index (χ2n) is 4.44. The minimum atomic E-state index is -0.333. The molecule has 0 fully saturated rings. The summed E-state index contributed by atoms with van der Waals surface area (Å²) in [6, 6.07) is 8.01. The molecule has 0 saturated heterocycles. The highest BCUT2D eigenvalue weighted by atomic mass is 79.9. The van der Waals surface area contributed by atoms with Crippen LogP contribution in [0.25, 0.3) is 0 Å². The fourth-order valence-electron chi connectivity index (χ4n) is 1.95. The van der Waals surface area contributed by atoms with Crippen molar-refractivity contribution in [3.8, 4) is 0 Å². The highest BCUT2D eigenvalue weighted by Gasteiger charge is 2.09. The molecule has 1 atom stereocenters. The van der Waals surface area contributed by atoms with Gasteiger partial charge in [-0.25, -0.2) is 4.98 Å². The van der Waals surface area contributed by atoms with Gasteiger partial charge in [0.2, 0.25) is 0 Å². The van der Waals surface area contributed by atoms with Crippen molar-refractivity contribution in [2.24, 2.45) is 7.05 Å². The zero-order valence-electron chi connectivity index (χ0n) is 10.4. The van der Waals surface area contributed by atoms with Crippen molar-refractivity contribution in [3.05, 3.63) is 52.5 Å². The van der Waals surface area contributed by atoms with Gasteiger partial charge in [-0.15, -0.1) is 0 Å². The number of benzene rings is 1. The Morgan fingerprint density at radius 2 is 2.17 bits per heavy atom. The van der Waals surface area contributed by atoms with Gasteiger partial charge in [0.25, 0.3) is 0 Å². The third kappa shape index (κ3) is 3.43. The molecule has 1 aromatic carbocycles. The van der Waals surface area contributed by atoms with Gasteiger partial charge in [0.15, 0.2) is 0 Å². The molecule has 1 unspecified atom stereocenters. The molecule has 0 aliphatic carbocycles. The predicted molar refractivity (Wildman–Crippen MR) is 75.4 cm³/mol. The van der Waals surface area contributed by atoms with Gasteiger partial charge in [-0.3, -0.25) is 0 Å². The van der Waals surface area contributed by atoms with Gasteiger partial charge in [0.05, 0.1) is 6.10 Å². The van der Waals surface area contributed by atoms with Crippen molar-refractivity contribution in [2.45, 2.75) is 25.4 Å². The number of aryl methyl sites for hydroxylation is 2. The highest BCUT2D eigenvalue weighted by Crippen LogP contribution is 2.18. The van der Waals surface area contributed by atoms with E-state index in [9.17, 15) is 5.11 Å². The summed E-state index contributed by atoms with van der Waals surface area (Å²) in [5.41, 5.74) is 1.14. The van der Waals surface area contributed by atoms with E-state index in [1.165, 1.54) is 0 Å². The zero-order valence-corrected chi connectivity index (χ0v) is 12.0. The van der Waals surface area contributed by atoms with Crippen LogP contribution in [-0.4, -0.2) is 20.8 Å². The van der Waals surface area contributed by atoms with E-state index in [1.807, 2.05) is 42.1 Å². The Morgan fingerprint density at radius 1 is 1.39 bits per heavy atom. The molecule has 0 amide bonds. The number of imidazole rings is 1. The van der Waals surface area contributed by atoms with Gasteiger partial charge in [-0.05, 0) is 24.5 Å². The Morgan fingerprint density at radius 3 is 2.83 bits per heavy atom. The SMILES string of the molecule is Cn1ccnc1CCC(O)Cc1ccccc1Br. The molecular formula is C14H17BrN2O. The summed E-state index contributed by atoms with van der Waals surface area (Å²) < 4.78 is 3.05. The van der Waals surface area contributed by atoms with Crippen molar-refractivity contribution in [3.63, 3.8) is 0 Å². The first kappa shape index (κ1) is 13.3. The van der Waals surface area contributed by atoms with Crippen molar-refractivity contribution in [1.82, 2.24) is 9.55 Å². The van der Waals surface area contributed by atoms with Gasteiger partial charge < -0.3 is 9.67 Å². The lowest BCUT2D eigenvalue weighted by Crippen LogP contribution is -2.13. The first-order valence-electron chi connectivity index (χ1n) is 6.04. The normalized spacial score (nSPS) is 12.6. The van der Waals surface area contributed by atoms with E-state index in [2.05, 4.69) is 20.9 Å². The van der Waals surface area contributed by atoms with Crippen LogP contribution in [0.4, 0.5) is 0 Å². The van der Waals surface area contributed by atoms with Crippen molar-refractivity contribution < 1.29 is 5.11 Å². The van der Waals surface area contributed by atoms with E-state index in [-0.39, 0.29) is 6.10 Å². The van der Waals surface area contributed by atoms with Gasteiger partial charge in [0.1, 0.15) is 5.82 Å². The van der Waals surface area contributed by atoms with Crippen LogP contribution >= 0.6 is 15.9 Å². The molecule has 1 heterocycles. The Labute approximate surface area is 116 Å². The molecule has 0 saturated carbocycles. The Bertz CT molecular complexity index is 510. The average Bonchev–Trinajstić information content (AvgIpc) is 2.75. The van der Waals surface area contributed by atoms with Crippen LogP contribution in [0.3, 0.4) is 0 Å². The Balaban J connectivity index is 1.88.